The van der Waals surface area contributed by atoms with Crippen molar-refractivity contribution in [1.82, 2.24) is 14.7 Å². The summed E-state index contributed by atoms with van der Waals surface area (Å²) in [6.07, 6.45) is 2.45. The Balaban J connectivity index is 1.97. The second kappa shape index (κ2) is 5.98. The minimum atomic E-state index is -3.66. The van der Waals surface area contributed by atoms with Gasteiger partial charge in [0.2, 0.25) is 0 Å². The molecule has 0 atom stereocenters. The maximum absolute atomic E-state index is 12.8. The molecule has 0 aliphatic carbocycles. The summed E-state index contributed by atoms with van der Waals surface area (Å²) in [5.41, 5.74) is 2.92. The van der Waals surface area contributed by atoms with Crippen molar-refractivity contribution in [1.29, 1.82) is 0 Å². The number of hydrogen-bond acceptors (Lipinski definition) is 4. The molecule has 1 aliphatic rings. The molecule has 1 N–H and O–H groups in total. The number of anilines is 1. The van der Waals surface area contributed by atoms with Gasteiger partial charge >= 0.3 is 0 Å². The fourth-order valence-electron chi connectivity index (χ4n) is 2.91. The SMILES string of the molecule is CC(C)n1nccc1S(=O)(=O)Nc1cccc2c1CN(C)CC2. The Labute approximate surface area is 137 Å². The Kier molecular flexibility index (Phi) is 4.16. The number of nitrogens with zero attached hydrogens (tertiary/aromatic N) is 3. The van der Waals surface area contributed by atoms with Crippen LogP contribution in [0.1, 0.15) is 31.0 Å². The molecular formula is C16H22N4O2S. The van der Waals surface area contributed by atoms with E-state index in [1.54, 1.807) is 0 Å². The van der Waals surface area contributed by atoms with Crippen molar-refractivity contribution in [2.75, 3.05) is 18.3 Å². The molecule has 124 valence electrons. The van der Waals surface area contributed by atoms with E-state index in [2.05, 4.69) is 20.8 Å². The number of hydrogen-bond donors (Lipinski definition) is 1. The molecular weight excluding hydrogens is 312 g/mol. The Hall–Kier alpha value is -1.86. The van der Waals surface area contributed by atoms with E-state index in [0.29, 0.717) is 5.69 Å². The molecule has 6 nitrogen and oxygen atoms in total. The van der Waals surface area contributed by atoms with Crippen molar-refractivity contribution in [2.24, 2.45) is 0 Å². The van der Waals surface area contributed by atoms with Crippen molar-refractivity contribution in [2.45, 2.75) is 37.9 Å². The van der Waals surface area contributed by atoms with Gasteiger partial charge in [0.05, 0.1) is 11.9 Å². The van der Waals surface area contributed by atoms with Gasteiger partial charge in [-0.25, -0.2) is 4.68 Å². The zero-order valence-corrected chi connectivity index (χ0v) is 14.5. The molecule has 7 heteroatoms. The first kappa shape index (κ1) is 16.0. The quantitative estimate of drug-likeness (QED) is 0.931. The van der Waals surface area contributed by atoms with Crippen LogP contribution in [0.25, 0.3) is 0 Å². The highest BCUT2D eigenvalue weighted by atomic mass is 32.2. The van der Waals surface area contributed by atoms with Crippen LogP contribution in [0.15, 0.2) is 35.5 Å². The predicted octanol–water partition coefficient (Wildman–Crippen LogP) is 2.25. The van der Waals surface area contributed by atoms with Gasteiger partial charge in [0.25, 0.3) is 10.0 Å². The van der Waals surface area contributed by atoms with Crippen LogP contribution in [0, 0.1) is 0 Å². The van der Waals surface area contributed by atoms with E-state index in [-0.39, 0.29) is 11.1 Å². The van der Waals surface area contributed by atoms with Gasteiger partial charge in [-0.2, -0.15) is 13.5 Å². The van der Waals surface area contributed by atoms with Gasteiger partial charge in [-0.1, -0.05) is 12.1 Å². The minimum absolute atomic E-state index is 0.0209. The smallest absolute Gasteiger partial charge is 0.279 e. The third kappa shape index (κ3) is 3.11. The van der Waals surface area contributed by atoms with Crippen LogP contribution in [-0.4, -0.2) is 36.7 Å². The third-order valence-electron chi connectivity index (χ3n) is 4.11. The fraction of sp³-hybridized carbons (Fsp3) is 0.438. The topological polar surface area (TPSA) is 67.2 Å². The average Bonchev–Trinajstić information content (AvgIpc) is 2.98. The van der Waals surface area contributed by atoms with Gasteiger partial charge in [-0.15, -0.1) is 0 Å². The van der Waals surface area contributed by atoms with Gasteiger partial charge in [0.1, 0.15) is 0 Å². The number of likely N-dealkylation sites (N-methyl/N-ethyl adjacent to an activating group) is 1. The van der Waals surface area contributed by atoms with E-state index in [4.69, 9.17) is 0 Å². The summed E-state index contributed by atoms with van der Waals surface area (Å²) in [5, 5.41) is 4.30. The predicted molar refractivity (Wildman–Crippen MR) is 89.9 cm³/mol. The largest absolute Gasteiger partial charge is 0.302 e. The van der Waals surface area contributed by atoms with E-state index in [1.807, 2.05) is 33.0 Å². The Morgan fingerprint density at radius 3 is 2.78 bits per heavy atom. The van der Waals surface area contributed by atoms with E-state index in [1.165, 1.54) is 22.5 Å². The first-order chi connectivity index (χ1) is 10.9. The third-order valence-corrected chi connectivity index (χ3v) is 5.47. The van der Waals surface area contributed by atoms with Gasteiger partial charge in [-0.3, -0.25) is 4.72 Å². The van der Waals surface area contributed by atoms with Gasteiger partial charge in [-0.05, 0) is 50.6 Å². The van der Waals surface area contributed by atoms with E-state index in [0.717, 1.165) is 25.1 Å². The molecule has 0 fully saturated rings. The summed E-state index contributed by atoms with van der Waals surface area (Å²) < 4.78 is 29.8. The lowest BCUT2D eigenvalue weighted by atomic mass is 9.99. The van der Waals surface area contributed by atoms with Crippen molar-refractivity contribution in [3.8, 4) is 0 Å². The summed E-state index contributed by atoms with van der Waals surface area (Å²) in [4.78, 5) is 2.19. The van der Waals surface area contributed by atoms with Crippen LogP contribution in [-0.2, 0) is 23.0 Å². The maximum atomic E-state index is 12.8. The lowest BCUT2D eigenvalue weighted by Gasteiger charge is -2.27. The minimum Gasteiger partial charge on any atom is -0.302 e. The van der Waals surface area contributed by atoms with Gasteiger partial charge in [0.15, 0.2) is 5.03 Å². The molecule has 0 amide bonds. The van der Waals surface area contributed by atoms with Crippen molar-refractivity contribution >= 4 is 15.7 Å². The van der Waals surface area contributed by atoms with E-state index >= 15 is 0 Å². The highest BCUT2D eigenvalue weighted by Gasteiger charge is 2.24. The summed E-state index contributed by atoms with van der Waals surface area (Å²) in [6, 6.07) is 7.31. The van der Waals surface area contributed by atoms with Crippen molar-refractivity contribution in [3.63, 3.8) is 0 Å². The standard InChI is InChI=1S/C16H22N4O2S/c1-12(2)20-16(7-9-17-20)23(21,22)18-15-6-4-5-13-8-10-19(3)11-14(13)15/h4-7,9,12,18H,8,10-11H2,1-3H3. The summed E-state index contributed by atoms with van der Waals surface area (Å²) >= 11 is 0. The summed E-state index contributed by atoms with van der Waals surface area (Å²) in [7, 11) is -1.62. The van der Waals surface area contributed by atoms with Crippen LogP contribution in [0.4, 0.5) is 5.69 Å². The lowest BCUT2D eigenvalue weighted by Crippen LogP contribution is -2.28. The Bertz CT molecular complexity index is 811. The monoisotopic (exact) mass is 334 g/mol. The normalized spacial score (nSPS) is 15.7. The zero-order chi connectivity index (χ0) is 16.6. The van der Waals surface area contributed by atoms with E-state index in [9.17, 15) is 8.42 Å². The van der Waals surface area contributed by atoms with Gasteiger partial charge in [0, 0.05) is 19.1 Å². The molecule has 2 aromatic rings. The van der Waals surface area contributed by atoms with Crippen LogP contribution < -0.4 is 4.72 Å². The van der Waals surface area contributed by atoms with Crippen LogP contribution in [0.2, 0.25) is 0 Å². The first-order valence-electron chi connectivity index (χ1n) is 7.74. The molecule has 0 radical (unpaired) electrons. The first-order valence-corrected chi connectivity index (χ1v) is 9.22. The molecule has 1 aliphatic heterocycles. The van der Waals surface area contributed by atoms with Gasteiger partial charge < -0.3 is 4.90 Å². The number of sulfonamides is 1. The van der Waals surface area contributed by atoms with Crippen molar-refractivity contribution < 1.29 is 8.42 Å². The number of fused-ring (bicyclic) bond motifs is 1. The summed E-state index contributed by atoms with van der Waals surface area (Å²) in [6.45, 7) is 5.55. The molecule has 1 aromatic carbocycles. The number of aromatic nitrogens is 2. The molecule has 3 rings (SSSR count). The molecule has 0 spiro atoms. The van der Waals surface area contributed by atoms with Crippen LogP contribution >= 0.6 is 0 Å². The molecule has 0 saturated heterocycles. The molecule has 0 saturated carbocycles. The maximum Gasteiger partial charge on any atom is 0.279 e. The second-order valence-electron chi connectivity index (χ2n) is 6.24. The molecule has 2 heterocycles. The molecule has 0 unspecified atom stereocenters. The molecule has 0 bridgehead atoms. The fourth-order valence-corrected chi connectivity index (χ4v) is 4.24. The second-order valence-corrected chi connectivity index (χ2v) is 7.87. The van der Waals surface area contributed by atoms with Crippen LogP contribution in [0.5, 0.6) is 0 Å². The number of nitrogens with one attached hydrogen (secondary N) is 1. The molecule has 23 heavy (non-hydrogen) atoms. The highest BCUT2D eigenvalue weighted by molar-refractivity contribution is 7.92. The number of benzene rings is 1. The Morgan fingerprint density at radius 1 is 1.26 bits per heavy atom. The van der Waals surface area contributed by atoms with Crippen molar-refractivity contribution in [3.05, 3.63) is 41.6 Å². The van der Waals surface area contributed by atoms with Crippen LogP contribution in [0.3, 0.4) is 0 Å². The highest BCUT2D eigenvalue weighted by Crippen LogP contribution is 2.28. The van der Waals surface area contributed by atoms with E-state index < -0.39 is 10.0 Å². The Morgan fingerprint density at radius 2 is 2.04 bits per heavy atom. The lowest BCUT2D eigenvalue weighted by molar-refractivity contribution is 0.313. The molecule has 1 aromatic heterocycles. The zero-order valence-electron chi connectivity index (χ0n) is 13.7. The number of rotatable bonds is 4. The summed E-state index contributed by atoms with van der Waals surface area (Å²) in [5.74, 6) is 0. The average molecular weight is 334 g/mol.